The van der Waals surface area contributed by atoms with Gasteiger partial charge in [0.05, 0.1) is 31.3 Å². The lowest BCUT2D eigenvalue weighted by Gasteiger charge is -2.37. The van der Waals surface area contributed by atoms with E-state index in [0.29, 0.717) is 16.7 Å². The summed E-state index contributed by atoms with van der Waals surface area (Å²) in [4.78, 5) is 39.3. The van der Waals surface area contributed by atoms with Crippen LogP contribution in [0.5, 0.6) is 17.2 Å². The number of non-ortho nitro benzene ring substituents is 1. The van der Waals surface area contributed by atoms with Gasteiger partial charge in [-0.25, -0.2) is 4.79 Å². The van der Waals surface area contributed by atoms with Crippen LogP contribution in [0.2, 0.25) is 0 Å². The van der Waals surface area contributed by atoms with E-state index in [-0.39, 0.29) is 39.8 Å². The summed E-state index contributed by atoms with van der Waals surface area (Å²) < 4.78 is 16.6. The second-order valence-electron chi connectivity index (χ2n) is 11.4. The molecular formula is C36H37NO9. The van der Waals surface area contributed by atoms with E-state index in [1.807, 2.05) is 6.07 Å². The van der Waals surface area contributed by atoms with E-state index in [4.69, 9.17) is 14.2 Å². The Morgan fingerprint density at radius 3 is 1.85 bits per heavy atom. The van der Waals surface area contributed by atoms with Crippen LogP contribution in [0.4, 0.5) is 5.69 Å². The second-order valence-corrected chi connectivity index (χ2v) is 11.4. The van der Waals surface area contributed by atoms with Crippen molar-refractivity contribution in [3.05, 3.63) is 129 Å². The number of nitrogens with zero attached hydrogens (tertiary/aromatic N) is 1. The van der Waals surface area contributed by atoms with Gasteiger partial charge in [0.2, 0.25) is 5.60 Å². The molecule has 240 valence electrons. The molecule has 10 heteroatoms. The number of ether oxygens (including phenoxy) is 3. The number of phenols is 1. The Morgan fingerprint density at radius 2 is 1.30 bits per heavy atom. The molecular weight excluding hydrogens is 590 g/mol. The van der Waals surface area contributed by atoms with E-state index in [1.54, 1.807) is 64.1 Å². The molecule has 2 atom stereocenters. The first-order valence-corrected chi connectivity index (χ1v) is 14.7. The summed E-state index contributed by atoms with van der Waals surface area (Å²) in [6.07, 6.45) is -0.564. The first-order valence-electron chi connectivity index (χ1n) is 14.7. The van der Waals surface area contributed by atoms with Crippen molar-refractivity contribution < 1.29 is 38.9 Å². The number of nitro benzene ring substituents is 1. The van der Waals surface area contributed by atoms with Gasteiger partial charge in [0.15, 0.2) is 5.78 Å². The van der Waals surface area contributed by atoms with Crippen LogP contribution in [0.1, 0.15) is 55.5 Å². The Balaban J connectivity index is 2.06. The van der Waals surface area contributed by atoms with Crippen LogP contribution >= 0.6 is 0 Å². The third-order valence-corrected chi connectivity index (χ3v) is 7.85. The molecule has 0 spiro atoms. The third kappa shape index (κ3) is 5.91. The van der Waals surface area contributed by atoms with Gasteiger partial charge < -0.3 is 24.4 Å². The first-order chi connectivity index (χ1) is 21.8. The van der Waals surface area contributed by atoms with Gasteiger partial charge in [-0.2, -0.15) is 0 Å². The third-order valence-electron chi connectivity index (χ3n) is 7.85. The number of phenolic OH excluding ortho intramolecular Hbond substituents is 1. The Morgan fingerprint density at radius 1 is 0.761 bits per heavy atom. The highest BCUT2D eigenvalue weighted by atomic mass is 16.6. The average Bonchev–Trinajstić information content (AvgIpc) is 3.04. The molecule has 0 saturated heterocycles. The van der Waals surface area contributed by atoms with Crippen LogP contribution in [-0.2, 0) is 25.3 Å². The van der Waals surface area contributed by atoms with Gasteiger partial charge in [-0.05, 0) is 48.7 Å². The number of aliphatic hydroxyl groups is 1. The Bertz CT molecular complexity index is 1730. The van der Waals surface area contributed by atoms with Crippen molar-refractivity contribution >= 4 is 17.4 Å². The van der Waals surface area contributed by atoms with Crippen LogP contribution in [0.15, 0.2) is 91.0 Å². The van der Waals surface area contributed by atoms with Gasteiger partial charge in [-0.15, -0.1) is 0 Å². The monoisotopic (exact) mass is 627 g/mol. The molecule has 0 aliphatic heterocycles. The molecule has 0 saturated carbocycles. The van der Waals surface area contributed by atoms with E-state index in [9.17, 15) is 29.9 Å². The normalized spacial score (nSPS) is 13.8. The maximum Gasteiger partial charge on any atom is 0.348 e. The molecule has 0 aromatic heterocycles. The Kier molecular flexibility index (Phi) is 9.82. The number of rotatable bonds is 12. The van der Waals surface area contributed by atoms with Crippen molar-refractivity contribution in [2.75, 3.05) is 14.2 Å². The zero-order valence-corrected chi connectivity index (χ0v) is 26.5. The van der Waals surface area contributed by atoms with Crippen LogP contribution in [-0.4, -0.2) is 47.2 Å². The second kappa shape index (κ2) is 13.4. The van der Waals surface area contributed by atoms with E-state index in [1.165, 1.54) is 62.8 Å². The number of carbonyl (C=O) groups excluding carboxylic acids is 2. The van der Waals surface area contributed by atoms with Crippen LogP contribution in [0, 0.1) is 16.0 Å². The van der Waals surface area contributed by atoms with Gasteiger partial charge in [0.25, 0.3) is 5.69 Å². The summed E-state index contributed by atoms with van der Waals surface area (Å²) in [5, 5.41) is 33.9. The Hall–Kier alpha value is -5.22. The lowest BCUT2D eigenvalue weighted by atomic mass is 9.63. The standard InChI is InChI=1S/C36H37NO9/c1-22(2)33(39)35(24-10-8-7-9-11-24,29-18-16-27(37(42)43)20-31(29)44-5)25-12-14-26(15-13-25)36(41,34(40)46-23(3)4)30-19-17-28(38)21-32(30)45-6/h7-23,38,41H,1-6H3. The molecule has 10 nitrogen and oxygen atoms in total. The highest BCUT2D eigenvalue weighted by Gasteiger charge is 2.48. The molecule has 2 unspecified atom stereocenters. The van der Waals surface area contributed by atoms with Crippen molar-refractivity contribution in [3.8, 4) is 17.2 Å². The molecule has 4 rings (SSSR count). The number of benzene rings is 4. The van der Waals surface area contributed by atoms with Crippen molar-refractivity contribution in [2.24, 2.45) is 5.92 Å². The smallest absolute Gasteiger partial charge is 0.348 e. The minimum atomic E-state index is -2.37. The summed E-state index contributed by atoms with van der Waals surface area (Å²) in [5.41, 5.74) is -2.50. The van der Waals surface area contributed by atoms with Crippen LogP contribution in [0.25, 0.3) is 0 Å². The number of methoxy groups -OCH3 is 2. The van der Waals surface area contributed by atoms with Crippen molar-refractivity contribution in [1.82, 2.24) is 0 Å². The van der Waals surface area contributed by atoms with Crippen LogP contribution < -0.4 is 9.47 Å². The van der Waals surface area contributed by atoms with Gasteiger partial charge in [-0.3, -0.25) is 14.9 Å². The zero-order valence-electron chi connectivity index (χ0n) is 26.5. The largest absolute Gasteiger partial charge is 0.508 e. The summed E-state index contributed by atoms with van der Waals surface area (Å²) in [5.74, 6) is -1.62. The molecule has 0 bridgehead atoms. The molecule has 0 aliphatic rings. The van der Waals surface area contributed by atoms with Crippen molar-refractivity contribution in [3.63, 3.8) is 0 Å². The van der Waals surface area contributed by atoms with Gasteiger partial charge in [0, 0.05) is 29.2 Å². The molecule has 0 amide bonds. The first kappa shape index (κ1) is 33.7. The maximum absolute atomic E-state index is 14.5. The number of esters is 1. The highest BCUT2D eigenvalue weighted by molar-refractivity contribution is 5.99. The fourth-order valence-electron chi connectivity index (χ4n) is 5.74. The van der Waals surface area contributed by atoms with Crippen molar-refractivity contribution in [2.45, 2.75) is 44.8 Å². The zero-order chi connectivity index (χ0) is 33.8. The molecule has 2 N–H and O–H groups in total. The quantitative estimate of drug-likeness (QED) is 0.0828. The summed E-state index contributed by atoms with van der Waals surface area (Å²) in [6, 6.07) is 23.4. The molecule has 46 heavy (non-hydrogen) atoms. The summed E-state index contributed by atoms with van der Waals surface area (Å²) >= 11 is 0. The lowest BCUT2D eigenvalue weighted by Crippen LogP contribution is -2.42. The minimum Gasteiger partial charge on any atom is -0.508 e. The van der Waals surface area contributed by atoms with E-state index >= 15 is 0 Å². The van der Waals surface area contributed by atoms with E-state index < -0.39 is 33.9 Å². The molecule has 4 aromatic carbocycles. The summed E-state index contributed by atoms with van der Waals surface area (Å²) in [7, 11) is 2.73. The SMILES string of the molecule is COc1cc(O)ccc1C(O)(C(=O)OC(C)C)c1ccc(C(C(=O)C(C)C)(c2ccccc2)c2ccc([N+](=O)[O-])cc2OC)cc1. The van der Waals surface area contributed by atoms with Gasteiger partial charge >= 0.3 is 5.97 Å². The topological polar surface area (TPSA) is 145 Å². The minimum absolute atomic E-state index is 0.0378. The fourth-order valence-corrected chi connectivity index (χ4v) is 5.74. The number of Topliss-reactive ketones (excluding diaryl/α,β-unsaturated/α-hetero) is 1. The van der Waals surface area contributed by atoms with E-state index in [2.05, 4.69) is 0 Å². The van der Waals surface area contributed by atoms with Gasteiger partial charge in [0.1, 0.15) is 22.7 Å². The van der Waals surface area contributed by atoms with Crippen molar-refractivity contribution in [1.29, 1.82) is 0 Å². The predicted molar refractivity (Wildman–Crippen MR) is 171 cm³/mol. The highest BCUT2D eigenvalue weighted by Crippen LogP contribution is 2.47. The number of hydrogen-bond acceptors (Lipinski definition) is 9. The fraction of sp³-hybridized carbons (Fsp3) is 0.278. The number of ketones is 1. The average molecular weight is 628 g/mol. The molecule has 0 radical (unpaired) electrons. The molecule has 0 fully saturated rings. The van der Waals surface area contributed by atoms with Crippen LogP contribution in [0.3, 0.4) is 0 Å². The molecule has 0 aliphatic carbocycles. The summed E-state index contributed by atoms with van der Waals surface area (Å²) in [6.45, 7) is 6.84. The Labute approximate surface area is 267 Å². The lowest BCUT2D eigenvalue weighted by molar-refractivity contribution is -0.384. The number of nitro groups is 1. The predicted octanol–water partition coefficient (Wildman–Crippen LogP) is 6.06. The molecule has 0 heterocycles. The number of aromatic hydroxyl groups is 1. The van der Waals surface area contributed by atoms with E-state index in [0.717, 1.165) is 0 Å². The maximum atomic E-state index is 14.5. The van der Waals surface area contributed by atoms with Gasteiger partial charge in [-0.1, -0.05) is 68.4 Å². The number of carbonyl (C=O) groups is 2. The number of hydrogen-bond donors (Lipinski definition) is 2. The molecule has 4 aromatic rings.